The molecule has 3 N–H and O–H groups in total. The minimum absolute atomic E-state index is 0.0513. The van der Waals surface area contributed by atoms with Gasteiger partial charge in [0.15, 0.2) is 0 Å². The van der Waals surface area contributed by atoms with Crippen LogP contribution < -0.4 is 0 Å². The molecule has 0 aliphatic carbocycles. The van der Waals surface area contributed by atoms with E-state index in [1.54, 1.807) is 0 Å². The Morgan fingerprint density at radius 2 is 1.95 bits per heavy atom. The number of carbonyl (C=O) groups is 2. The number of aliphatic hydroxyl groups is 1. The highest BCUT2D eigenvalue weighted by molar-refractivity contribution is 8.00. The molecule has 1 heterocycles. The van der Waals surface area contributed by atoms with Crippen LogP contribution in [0.25, 0.3) is 0 Å². The zero-order valence-corrected chi connectivity index (χ0v) is 12.3. The maximum atomic E-state index is 10.8. The van der Waals surface area contributed by atoms with Crippen molar-refractivity contribution in [2.24, 2.45) is 0 Å². The first kappa shape index (κ1) is 18.2. The normalized spacial score (nSPS) is 20.0. The molecule has 1 rings (SSSR count). The molecular weight excluding hydrogens is 304 g/mol. The third kappa shape index (κ3) is 9.64. The van der Waals surface area contributed by atoms with Gasteiger partial charge in [-0.25, -0.2) is 0 Å². The van der Waals surface area contributed by atoms with Crippen molar-refractivity contribution in [2.75, 3.05) is 38.8 Å². The van der Waals surface area contributed by atoms with Gasteiger partial charge >= 0.3 is 11.9 Å². The fourth-order valence-electron chi connectivity index (χ4n) is 1.37. The predicted octanol–water partition coefficient (Wildman–Crippen LogP) is -0.560. The average molecular weight is 324 g/mol. The van der Waals surface area contributed by atoms with Crippen LogP contribution in [-0.2, 0) is 23.8 Å². The van der Waals surface area contributed by atoms with Gasteiger partial charge in [0, 0.05) is 5.75 Å². The molecule has 8 nitrogen and oxygen atoms in total. The molecule has 0 aromatic rings. The lowest BCUT2D eigenvalue weighted by Crippen LogP contribution is -2.25. The van der Waals surface area contributed by atoms with Crippen LogP contribution in [0.1, 0.15) is 6.42 Å². The number of rotatable bonds is 13. The zero-order valence-electron chi connectivity index (χ0n) is 11.5. The standard InChI is InChI=1S/C12H20O8S/c13-8(4-18-1-2-19-5-9-6-20-9)7-21-10(12(16)17)3-11(14)15/h8-10,13H,1-7H2,(H,14,15)(H,16,17). The summed E-state index contributed by atoms with van der Waals surface area (Å²) in [7, 11) is 0. The van der Waals surface area contributed by atoms with Gasteiger partial charge in [0.2, 0.25) is 0 Å². The highest BCUT2D eigenvalue weighted by Crippen LogP contribution is 2.16. The summed E-state index contributed by atoms with van der Waals surface area (Å²) in [5.74, 6) is -2.29. The number of carboxylic acid groups (broad SMARTS) is 2. The van der Waals surface area contributed by atoms with Crippen molar-refractivity contribution in [3.8, 4) is 0 Å². The molecule has 0 saturated carbocycles. The lowest BCUT2D eigenvalue weighted by atomic mass is 10.3. The minimum atomic E-state index is -1.20. The third-order valence-electron chi connectivity index (χ3n) is 2.51. The van der Waals surface area contributed by atoms with Gasteiger partial charge in [-0.1, -0.05) is 0 Å². The molecule has 0 aromatic carbocycles. The van der Waals surface area contributed by atoms with E-state index in [0.29, 0.717) is 19.8 Å². The number of ether oxygens (including phenoxy) is 3. The second-order valence-corrected chi connectivity index (χ2v) is 5.75. The van der Waals surface area contributed by atoms with Crippen LogP contribution in [0.3, 0.4) is 0 Å². The van der Waals surface area contributed by atoms with E-state index in [9.17, 15) is 14.7 Å². The van der Waals surface area contributed by atoms with Crippen LogP contribution >= 0.6 is 11.8 Å². The number of carboxylic acids is 2. The first-order chi connectivity index (χ1) is 9.99. The van der Waals surface area contributed by atoms with Crippen LogP contribution in [0.4, 0.5) is 0 Å². The number of epoxide rings is 1. The molecule has 0 amide bonds. The second kappa shape index (κ2) is 9.96. The quantitative estimate of drug-likeness (QED) is 0.302. The zero-order chi connectivity index (χ0) is 15.7. The van der Waals surface area contributed by atoms with E-state index in [0.717, 1.165) is 18.4 Å². The summed E-state index contributed by atoms with van der Waals surface area (Å²) in [5, 5.41) is 26.0. The number of aliphatic carboxylic acids is 2. The number of hydrogen-bond acceptors (Lipinski definition) is 7. The largest absolute Gasteiger partial charge is 0.481 e. The molecule has 0 spiro atoms. The monoisotopic (exact) mass is 324 g/mol. The fraction of sp³-hybridized carbons (Fsp3) is 0.833. The van der Waals surface area contributed by atoms with Gasteiger partial charge in [0.05, 0.1) is 45.6 Å². The number of aliphatic hydroxyl groups excluding tert-OH is 1. The fourth-order valence-corrected chi connectivity index (χ4v) is 2.32. The van der Waals surface area contributed by atoms with Crippen LogP contribution in [-0.4, -0.2) is 83.5 Å². The molecule has 9 heteroatoms. The van der Waals surface area contributed by atoms with E-state index in [1.807, 2.05) is 0 Å². The lowest BCUT2D eigenvalue weighted by Gasteiger charge is -2.14. The van der Waals surface area contributed by atoms with Gasteiger partial charge in [0.1, 0.15) is 11.4 Å². The Balaban J connectivity index is 2.01. The van der Waals surface area contributed by atoms with E-state index < -0.39 is 29.7 Å². The van der Waals surface area contributed by atoms with Crippen molar-refractivity contribution < 1.29 is 39.1 Å². The first-order valence-corrected chi connectivity index (χ1v) is 7.55. The smallest absolute Gasteiger partial charge is 0.317 e. The van der Waals surface area contributed by atoms with Crippen LogP contribution in [0.2, 0.25) is 0 Å². The van der Waals surface area contributed by atoms with Crippen LogP contribution in [0, 0.1) is 0 Å². The predicted molar refractivity (Wildman–Crippen MR) is 73.5 cm³/mol. The molecule has 0 bridgehead atoms. The van der Waals surface area contributed by atoms with Crippen molar-refractivity contribution in [3.05, 3.63) is 0 Å². The Bertz CT molecular complexity index is 333. The first-order valence-electron chi connectivity index (χ1n) is 6.50. The minimum Gasteiger partial charge on any atom is -0.481 e. The van der Waals surface area contributed by atoms with E-state index in [1.165, 1.54) is 0 Å². The SMILES string of the molecule is O=C(O)CC(SCC(O)COCCOCC1CO1)C(=O)O. The van der Waals surface area contributed by atoms with E-state index in [2.05, 4.69) is 0 Å². The summed E-state index contributed by atoms with van der Waals surface area (Å²) >= 11 is 0.888. The van der Waals surface area contributed by atoms with Gasteiger partial charge in [-0.2, -0.15) is 0 Å². The summed E-state index contributed by atoms with van der Waals surface area (Å²) < 4.78 is 15.4. The average Bonchev–Trinajstić information content (AvgIpc) is 3.22. The molecule has 1 fully saturated rings. The van der Waals surface area contributed by atoms with Crippen molar-refractivity contribution in [2.45, 2.75) is 23.9 Å². The molecule has 21 heavy (non-hydrogen) atoms. The molecule has 0 radical (unpaired) electrons. The summed E-state index contributed by atoms with van der Waals surface area (Å²) in [5.41, 5.74) is 0. The molecular formula is C12H20O8S. The molecule has 3 unspecified atom stereocenters. The molecule has 3 atom stereocenters. The molecule has 1 aliphatic heterocycles. The Morgan fingerprint density at radius 1 is 1.29 bits per heavy atom. The highest BCUT2D eigenvalue weighted by atomic mass is 32.2. The topological polar surface area (TPSA) is 126 Å². The molecule has 1 saturated heterocycles. The van der Waals surface area contributed by atoms with E-state index >= 15 is 0 Å². The summed E-state index contributed by atoms with van der Waals surface area (Å²) in [6, 6.07) is 0. The maximum absolute atomic E-state index is 10.8. The summed E-state index contributed by atoms with van der Waals surface area (Å²) in [4.78, 5) is 21.3. The van der Waals surface area contributed by atoms with Gasteiger partial charge in [-0.05, 0) is 0 Å². The van der Waals surface area contributed by atoms with Crippen LogP contribution in [0.15, 0.2) is 0 Å². The van der Waals surface area contributed by atoms with Gasteiger partial charge in [-0.3, -0.25) is 9.59 Å². The Labute approximate surface area is 126 Å². The molecule has 0 aromatic heterocycles. The molecule has 122 valence electrons. The van der Waals surface area contributed by atoms with Crippen LogP contribution in [0.5, 0.6) is 0 Å². The summed E-state index contributed by atoms with van der Waals surface area (Å²) in [6.45, 7) is 2.05. The third-order valence-corrected chi connectivity index (χ3v) is 3.86. The Hall–Kier alpha value is -0.870. The van der Waals surface area contributed by atoms with E-state index in [-0.39, 0.29) is 18.5 Å². The lowest BCUT2D eigenvalue weighted by molar-refractivity contribution is -0.142. The summed E-state index contributed by atoms with van der Waals surface area (Å²) in [6.07, 6.45) is -1.13. The number of hydrogen-bond donors (Lipinski definition) is 3. The van der Waals surface area contributed by atoms with E-state index in [4.69, 9.17) is 24.4 Å². The van der Waals surface area contributed by atoms with Crippen molar-refractivity contribution in [1.29, 1.82) is 0 Å². The van der Waals surface area contributed by atoms with Gasteiger partial charge in [-0.15, -0.1) is 11.8 Å². The highest BCUT2D eigenvalue weighted by Gasteiger charge is 2.23. The molecule has 1 aliphatic rings. The Morgan fingerprint density at radius 3 is 2.52 bits per heavy atom. The van der Waals surface area contributed by atoms with Crippen molar-refractivity contribution in [3.63, 3.8) is 0 Å². The van der Waals surface area contributed by atoms with Gasteiger partial charge in [0.25, 0.3) is 0 Å². The van der Waals surface area contributed by atoms with Crippen molar-refractivity contribution in [1.82, 2.24) is 0 Å². The Kier molecular flexibility index (Phi) is 8.62. The van der Waals surface area contributed by atoms with Gasteiger partial charge < -0.3 is 29.5 Å². The van der Waals surface area contributed by atoms with Crippen molar-refractivity contribution >= 4 is 23.7 Å². The number of thioether (sulfide) groups is 1. The second-order valence-electron chi connectivity index (χ2n) is 4.52. The maximum Gasteiger partial charge on any atom is 0.317 e.